The topological polar surface area (TPSA) is 97.7 Å². The van der Waals surface area contributed by atoms with Gasteiger partial charge in [-0.3, -0.25) is 14.9 Å². The zero-order valence-electron chi connectivity index (χ0n) is 13.6. The number of nitro groups is 1. The minimum atomic E-state index is -0.532. The summed E-state index contributed by atoms with van der Waals surface area (Å²) in [4.78, 5) is 22.2. The molecule has 0 unspecified atom stereocenters. The van der Waals surface area contributed by atoms with Crippen molar-refractivity contribution in [2.75, 3.05) is 0 Å². The highest BCUT2D eigenvalue weighted by atomic mass is 35.5. The monoisotopic (exact) mass is 387 g/mol. The van der Waals surface area contributed by atoms with E-state index in [0.717, 1.165) is 0 Å². The first-order valence-electron chi connectivity index (χ1n) is 7.57. The molecular weight excluding hydrogens is 377 g/mol. The molecule has 0 saturated carbocycles. The molecule has 1 heterocycles. The minimum absolute atomic E-state index is 0.118. The third-order valence-electron chi connectivity index (χ3n) is 3.52. The fraction of sp³-hybridized carbons (Fsp3) is 0. The molecule has 1 aromatic heterocycles. The van der Waals surface area contributed by atoms with Crippen LogP contribution in [-0.4, -0.2) is 17.0 Å². The van der Waals surface area contributed by atoms with E-state index in [-0.39, 0.29) is 11.3 Å². The molecule has 0 aliphatic heterocycles. The number of nitro benzene ring substituents is 1. The first-order valence-corrected chi connectivity index (χ1v) is 7.95. The summed E-state index contributed by atoms with van der Waals surface area (Å²) in [5, 5.41) is 14.9. The van der Waals surface area contributed by atoms with Gasteiger partial charge < -0.3 is 4.42 Å². The van der Waals surface area contributed by atoms with Gasteiger partial charge in [-0.25, -0.2) is 9.82 Å². The van der Waals surface area contributed by atoms with E-state index in [1.165, 1.54) is 48.7 Å². The number of rotatable bonds is 5. The number of nitrogens with zero attached hydrogens (tertiary/aromatic N) is 2. The van der Waals surface area contributed by atoms with E-state index < -0.39 is 16.6 Å². The molecule has 0 fully saturated rings. The van der Waals surface area contributed by atoms with Crippen LogP contribution in [0.3, 0.4) is 0 Å². The highest BCUT2D eigenvalue weighted by Gasteiger charge is 2.14. The maximum absolute atomic E-state index is 12.8. The fourth-order valence-corrected chi connectivity index (χ4v) is 2.41. The smallest absolute Gasteiger partial charge is 0.271 e. The van der Waals surface area contributed by atoms with Crippen molar-refractivity contribution in [1.29, 1.82) is 0 Å². The van der Waals surface area contributed by atoms with Crippen LogP contribution in [-0.2, 0) is 0 Å². The molecule has 0 aliphatic rings. The fourth-order valence-electron chi connectivity index (χ4n) is 2.20. The summed E-state index contributed by atoms with van der Waals surface area (Å²) in [6, 6.07) is 12.1. The summed E-state index contributed by atoms with van der Waals surface area (Å²) in [5.74, 6) is -0.347. The van der Waals surface area contributed by atoms with E-state index in [0.29, 0.717) is 22.1 Å². The molecule has 0 radical (unpaired) electrons. The van der Waals surface area contributed by atoms with E-state index in [1.54, 1.807) is 12.1 Å². The lowest BCUT2D eigenvalue weighted by Crippen LogP contribution is -2.17. The Hall–Kier alpha value is -3.52. The first kappa shape index (κ1) is 18.3. The van der Waals surface area contributed by atoms with Crippen LogP contribution in [0, 0.1) is 15.9 Å². The minimum Gasteiger partial charge on any atom is -0.455 e. The second-order valence-electron chi connectivity index (χ2n) is 5.33. The average Bonchev–Trinajstić information content (AvgIpc) is 3.11. The van der Waals surface area contributed by atoms with Crippen molar-refractivity contribution in [2.24, 2.45) is 5.10 Å². The Morgan fingerprint density at radius 3 is 2.63 bits per heavy atom. The van der Waals surface area contributed by atoms with Crippen LogP contribution >= 0.6 is 11.6 Å². The molecule has 2 aromatic carbocycles. The molecule has 3 aromatic rings. The van der Waals surface area contributed by atoms with Crippen LogP contribution in [0.5, 0.6) is 0 Å². The second kappa shape index (κ2) is 7.79. The normalized spacial score (nSPS) is 10.9. The Kier molecular flexibility index (Phi) is 5.28. The molecule has 0 atom stereocenters. The molecule has 0 spiro atoms. The van der Waals surface area contributed by atoms with Crippen molar-refractivity contribution in [1.82, 2.24) is 5.43 Å². The zero-order valence-corrected chi connectivity index (χ0v) is 14.3. The Balaban J connectivity index is 1.72. The summed E-state index contributed by atoms with van der Waals surface area (Å²) in [5.41, 5.74) is 2.78. The molecule has 0 aliphatic carbocycles. The maximum atomic E-state index is 12.8. The van der Waals surface area contributed by atoms with Gasteiger partial charge in [-0.1, -0.05) is 11.6 Å². The van der Waals surface area contributed by atoms with Crippen molar-refractivity contribution in [3.05, 3.63) is 86.9 Å². The third-order valence-corrected chi connectivity index (χ3v) is 3.85. The van der Waals surface area contributed by atoms with Crippen LogP contribution in [0.25, 0.3) is 11.3 Å². The number of non-ortho nitro benzene ring substituents is 1. The van der Waals surface area contributed by atoms with Crippen LogP contribution in [0.1, 0.15) is 16.1 Å². The molecule has 7 nitrogen and oxygen atoms in total. The number of nitrogens with one attached hydrogen (secondary N) is 1. The van der Waals surface area contributed by atoms with Crippen LogP contribution in [0.4, 0.5) is 10.1 Å². The summed E-state index contributed by atoms with van der Waals surface area (Å²) >= 11 is 6.07. The Bertz CT molecular complexity index is 1030. The standard InChI is InChI=1S/C18H11ClFN3O4/c19-16-7-5-13(23(25)26)9-15(16)17-8-6-14(27-17)10-21-22-18(24)11-1-3-12(20)4-2-11/h1-10H,(H,22,24)/b21-10+. The number of hydrazone groups is 1. The van der Waals surface area contributed by atoms with E-state index in [2.05, 4.69) is 10.5 Å². The van der Waals surface area contributed by atoms with E-state index >= 15 is 0 Å². The van der Waals surface area contributed by atoms with E-state index in [9.17, 15) is 19.3 Å². The first-order chi connectivity index (χ1) is 12.9. The van der Waals surface area contributed by atoms with Crippen molar-refractivity contribution >= 4 is 29.4 Å². The number of hydrogen-bond donors (Lipinski definition) is 1. The average molecular weight is 388 g/mol. The molecule has 0 bridgehead atoms. The third kappa shape index (κ3) is 4.36. The van der Waals surface area contributed by atoms with Gasteiger partial charge in [0.25, 0.3) is 11.6 Å². The number of benzene rings is 2. The molecule has 9 heteroatoms. The predicted octanol–water partition coefficient (Wildman–Crippen LogP) is 4.41. The SMILES string of the molecule is O=C(N/N=C/c1ccc(-c2cc([N+](=O)[O-])ccc2Cl)o1)c1ccc(F)cc1. The summed E-state index contributed by atoms with van der Waals surface area (Å²) in [6.45, 7) is 0. The summed E-state index contributed by atoms with van der Waals surface area (Å²) < 4.78 is 18.4. The maximum Gasteiger partial charge on any atom is 0.271 e. The van der Waals surface area contributed by atoms with Gasteiger partial charge in [0.1, 0.15) is 17.3 Å². The van der Waals surface area contributed by atoms with Gasteiger partial charge in [0, 0.05) is 23.3 Å². The largest absolute Gasteiger partial charge is 0.455 e. The molecule has 27 heavy (non-hydrogen) atoms. The molecule has 1 amide bonds. The van der Waals surface area contributed by atoms with Crippen molar-refractivity contribution < 1.29 is 18.5 Å². The number of hydrogen-bond acceptors (Lipinski definition) is 5. The number of carbonyl (C=O) groups is 1. The van der Waals surface area contributed by atoms with Gasteiger partial charge in [0.15, 0.2) is 0 Å². The van der Waals surface area contributed by atoms with Crippen molar-refractivity contribution in [2.45, 2.75) is 0 Å². The Labute approximate surface area is 157 Å². The molecular formula is C18H11ClFN3O4. The van der Waals surface area contributed by atoms with Gasteiger partial charge in [-0.2, -0.15) is 5.10 Å². The molecule has 136 valence electrons. The van der Waals surface area contributed by atoms with Gasteiger partial charge in [-0.15, -0.1) is 0 Å². The van der Waals surface area contributed by atoms with Crippen LogP contribution in [0.2, 0.25) is 5.02 Å². The van der Waals surface area contributed by atoms with Gasteiger partial charge in [0.2, 0.25) is 0 Å². The zero-order chi connectivity index (χ0) is 19.4. The van der Waals surface area contributed by atoms with Crippen LogP contribution in [0.15, 0.2) is 64.1 Å². The van der Waals surface area contributed by atoms with Crippen LogP contribution < -0.4 is 5.43 Å². The van der Waals surface area contributed by atoms with Gasteiger partial charge >= 0.3 is 0 Å². The lowest BCUT2D eigenvalue weighted by Gasteiger charge is -2.00. The lowest BCUT2D eigenvalue weighted by atomic mass is 10.1. The Morgan fingerprint density at radius 2 is 1.93 bits per heavy atom. The predicted molar refractivity (Wildman–Crippen MR) is 97.3 cm³/mol. The van der Waals surface area contributed by atoms with E-state index in [1.807, 2.05) is 0 Å². The molecule has 1 N–H and O–H groups in total. The lowest BCUT2D eigenvalue weighted by molar-refractivity contribution is -0.384. The van der Waals surface area contributed by atoms with Gasteiger partial charge in [-0.05, 0) is 42.5 Å². The Morgan fingerprint density at radius 1 is 1.19 bits per heavy atom. The molecule has 0 saturated heterocycles. The summed E-state index contributed by atoms with van der Waals surface area (Å²) in [7, 11) is 0. The van der Waals surface area contributed by atoms with Crippen molar-refractivity contribution in [3.8, 4) is 11.3 Å². The highest BCUT2D eigenvalue weighted by molar-refractivity contribution is 6.33. The quantitative estimate of drug-likeness (QED) is 0.398. The number of amides is 1. The summed E-state index contributed by atoms with van der Waals surface area (Å²) in [6.07, 6.45) is 1.26. The molecule has 3 rings (SSSR count). The number of furan rings is 1. The number of carbonyl (C=O) groups excluding carboxylic acids is 1. The number of halogens is 2. The highest BCUT2D eigenvalue weighted by Crippen LogP contribution is 2.32. The second-order valence-corrected chi connectivity index (χ2v) is 5.74. The van der Waals surface area contributed by atoms with Crippen molar-refractivity contribution in [3.63, 3.8) is 0 Å². The van der Waals surface area contributed by atoms with Gasteiger partial charge in [0.05, 0.1) is 16.2 Å². The van der Waals surface area contributed by atoms with E-state index in [4.69, 9.17) is 16.0 Å².